The minimum absolute atomic E-state index is 0. The van der Waals surface area contributed by atoms with Crippen LogP contribution in [0.15, 0.2) is 18.5 Å². The van der Waals surface area contributed by atoms with Crippen LogP contribution < -0.4 is 11.1 Å². The zero-order valence-electron chi connectivity index (χ0n) is 12.2. The van der Waals surface area contributed by atoms with Gasteiger partial charge in [0.2, 0.25) is 0 Å². The molecule has 3 N–H and O–H groups in total. The third-order valence-corrected chi connectivity index (χ3v) is 3.46. The third-order valence-electron chi connectivity index (χ3n) is 3.46. The minimum Gasteiger partial charge on any atom is -0.398 e. The molecule has 1 atom stereocenters. The van der Waals surface area contributed by atoms with Gasteiger partial charge in [-0.05, 0) is 38.9 Å². The van der Waals surface area contributed by atoms with Gasteiger partial charge in [0.15, 0.2) is 0 Å². The maximum Gasteiger partial charge on any atom is 0.255 e. The number of pyridine rings is 1. The number of amides is 1. The molecule has 1 aliphatic heterocycles. The van der Waals surface area contributed by atoms with E-state index in [0.29, 0.717) is 11.3 Å². The van der Waals surface area contributed by atoms with E-state index in [0.717, 1.165) is 19.6 Å². The fraction of sp³-hybridized carbons (Fsp3) is 0.571. The van der Waals surface area contributed by atoms with Crippen LogP contribution >= 0.6 is 24.8 Å². The highest BCUT2D eigenvalue weighted by Gasteiger charge is 2.16. The number of likely N-dealkylation sites (tertiary alicyclic amines) is 1. The average molecular weight is 335 g/mol. The molecular formula is C14H24Cl2N4O. The van der Waals surface area contributed by atoms with E-state index in [2.05, 4.69) is 15.2 Å². The molecule has 1 saturated heterocycles. The Labute approximate surface area is 138 Å². The molecule has 21 heavy (non-hydrogen) atoms. The Hall–Kier alpha value is -1.04. The van der Waals surface area contributed by atoms with Crippen LogP contribution in [0.5, 0.6) is 0 Å². The molecule has 2 rings (SSSR count). The number of hydrogen-bond acceptors (Lipinski definition) is 4. The number of halogens is 2. The molecule has 1 aliphatic rings. The minimum atomic E-state index is -0.143. The molecule has 120 valence electrons. The van der Waals surface area contributed by atoms with Gasteiger partial charge in [0.05, 0.1) is 5.56 Å². The summed E-state index contributed by atoms with van der Waals surface area (Å²) in [6.45, 7) is 5.19. The topological polar surface area (TPSA) is 71.2 Å². The number of nitrogens with one attached hydrogen (secondary N) is 1. The smallest absolute Gasteiger partial charge is 0.255 e. The van der Waals surface area contributed by atoms with Crippen LogP contribution in [0.25, 0.3) is 0 Å². The number of nitrogens with two attached hydrogens (primary N) is 1. The summed E-state index contributed by atoms with van der Waals surface area (Å²) in [5.74, 6) is -0.143. The normalized spacial score (nSPS) is 16.2. The lowest BCUT2D eigenvalue weighted by atomic mass is 10.1. The largest absolute Gasteiger partial charge is 0.398 e. The van der Waals surface area contributed by atoms with E-state index in [-0.39, 0.29) is 36.8 Å². The number of hydrogen-bond donors (Lipinski definition) is 2. The van der Waals surface area contributed by atoms with E-state index in [4.69, 9.17) is 5.73 Å². The predicted octanol–water partition coefficient (Wildman–Crippen LogP) is 2.11. The summed E-state index contributed by atoms with van der Waals surface area (Å²) in [5, 5.41) is 2.98. The van der Waals surface area contributed by atoms with Crippen LogP contribution in [0.4, 0.5) is 5.69 Å². The van der Waals surface area contributed by atoms with Gasteiger partial charge in [0, 0.05) is 30.7 Å². The van der Waals surface area contributed by atoms with Crippen molar-refractivity contribution >= 4 is 36.4 Å². The number of rotatable bonds is 4. The van der Waals surface area contributed by atoms with Gasteiger partial charge in [-0.15, -0.1) is 24.8 Å². The Bertz CT molecular complexity index is 439. The van der Waals surface area contributed by atoms with Gasteiger partial charge in [0.1, 0.15) is 0 Å². The van der Waals surface area contributed by atoms with E-state index >= 15 is 0 Å². The summed E-state index contributed by atoms with van der Waals surface area (Å²) in [4.78, 5) is 18.4. The second-order valence-electron chi connectivity index (χ2n) is 5.20. The van der Waals surface area contributed by atoms with Gasteiger partial charge in [-0.2, -0.15) is 0 Å². The van der Waals surface area contributed by atoms with Crippen molar-refractivity contribution in [1.29, 1.82) is 0 Å². The van der Waals surface area contributed by atoms with Crippen molar-refractivity contribution in [3.63, 3.8) is 0 Å². The first-order chi connectivity index (χ1) is 9.16. The number of nitrogens with zero attached hydrogens (tertiary/aromatic N) is 2. The van der Waals surface area contributed by atoms with Gasteiger partial charge in [-0.3, -0.25) is 9.78 Å². The maximum absolute atomic E-state index is 12.1. The Morgan fingerprint density at radius 2 is 2.05 bits per heavy atom. The molecule has 1 amide bonds. The molecule has 0 saturated carbocycles. The van der Waals surface area contributed by atoms with Crippen LogP contribution in [0.2, 0.25) is 0 Å². The second-order valence-corrected chi connectivity index (χ2v) is 5.20. The molecule has 7 heteroatoms. The lowest BCUT2D eigenvalue weighted by Crippen LogP contribution is -2.43. The Kier molecular flexibility index (Phi) is 9.33. The number of piperidine rings is 1. The Morgan fingerprint density at radius 1 is 1.38 bits per heavy atom. The van der Waals surface area contributed by atoms with Crippen molar-refractivity contribution in [2.75, 3.05) is 25.4 Å². The monoisotopic (exact) mass is 334 g/mol. The van der Waals surface area contributed by atoms with Crippen LogP contribution in [0, 0.1) is 0 Å². The second kappa shape index (κ2) is 9.82. The third kappa shape index (κ3) is 6.08. The summed E-state index contributed by atoms with van der Waals surface area (Å²) in [5.41, 5.74) is 6.69. The number of anilines is 1. The molecular weight excluding hydrogens is 311 g/mol. The van der Waals surface area contributed by atoms with Crippen molar-refractivity contribution in [2.45, 2.75) is 32.2 Å². The van der Waals surface area contributed by atoms with Crippen LogP contribution in [0.1, 0.15) is 36.5 Å². The standard InChI is InChI=1S/C14H22N4O.2ClH/c1-11(10-18-7-3-2-4-8-18)17-14(19)12-9-16-6-5-13(12)15;;/h5-6,9,11H,2-4,7-8,10H2,1H3,(H2,15,16)(H,17,19);2*1H. The van der Waals surface area contributed by atoms with Crippen molar-refractivity contribution in [3.05, 3.63) is 24.0 Å². The highest BCUT2D eigenvalue weighted by Crippen LogP contribution is 2.10. The van der Waals surface area contributed by atoms with E-state index in [1.807, 2.05) is 6.92 Å². The molecule has 0 spiro atoms. The zero-order valence-corrected chi connectivity index (χ0v) is 13.9. The van der Waals surface area contributed by atoms with Crippen LogP contribution in [-0.2, 0) is 0 Å². The van der Waals surface area contributed by atoms with Crippen molar-refractivity contribution < 1.29 is 4.79 Å². The summed E-state index contributed by atoms with van der Waals surface area (Å²) in [7, 11) is 0. The molecule has 1 aromatic heterocycles. The predicted molar refractivity (Wildman–Crippen MR) is 90.4 cm³/mol. The van der Waals surface area contributed by atoms with Crippen molar-refractivity contribution in [2.24, 2.45) is 0 Å². The maximum atomic E-state index is 12.1. The average Bonchev–Trinajstić information content (AvgIpc) is 2.40. The summed E-state index contributed by atoms with van der Waals surface area (Å²) >= 11 is 0. The zero-order chi connectivity index (χ0) is 13.7. The first kappa shape index (κ1) is 20.0. The number of nitrogen functional groups attached to an aromatic ring is 1. The van der Waals surface area contributed by atoms with Gasteiger partial charge >= 0.3 is 0 Å². The lowest BCUT2D eigenvalue weighted by molar-refractivity contribution is 0.0926. The molecule has 0 aromatic carbocycles. The fourth-order valence-electron chi connectivity index (χ4n) is 2.47. The Balaban J connectivity index is 0.00000200. The van der Waals surface area contributed by atoms with E-state index < -0.39 is 0 Å². The van der Waals surface area contributed by atoms with Gasteiger partial charge in [-0.1, -0.05) is 6.42 Å². The van der Waals surface area contributed by atoms with Crippen molar-refractivity contribution in [3.8, 4) is 0 Å². The summed E-state index contributed by atoms with van der Waals surface area (Å²) in [6.07, 6.45) is 6.94. The summed E-state index contributed by atoms with van der Waals surface area (Å²) < 4.78 is 0. The molecule has 0 aliphatic carbocycles. The van der Waals surface area contributed by atoms with Crippen LogP contribution in [0.3, 0.4) is 0 Å². The molecule has 1 fully saturated rings. The SMILES string of the molecule is CC(CN1CCCCC1)NC(=O)c1cnccc1N.Cl.Cl. The molecule has 2 heterocycles. The number of carbonyl (C=O) groups excluding carboxylic acids is 1. The first-order valence-corrected chi connectivity index (χ1v) is 6.89. The van der Waals surface area contributed by atoms with E-state index in [1.165, 1.54) is 25.5 Å². The van der Waals surface area contributed by atoms with Crippen molar-refractivity contribution in [1.82, 2.24) is 15.2 Å². The molecule has 0 radical (unpaired) electrons. The molecule has 5 nitrogen and oxygen atoms in total. The molecule has 0 bridgehead atoms. The number of aromatic nitrogens is 1. The molecule has 1 aromatic rings. The summed E-state index contributed by atoms with van der Waals surface area (Å²) in [6, 6.07) is 1.76. The fourth-order valence-corrected chi connectivity index (χ4v) is 2.47. The van der Waals surface area contributed by atoms with E-state index in [1.54, 1.807) is 12.3 Å². The highest BCUT2D eigenvalue weighted by atomic mass is 35.5. The lowest BCUT2D eigenvalue weighted by Gasteiger charge is -2.29. The van der Waals surface area contributed by atoms with Crippen LogP contribution in [-0.4, -0.2) is 41.5 Å². The highest BCUT2D eigenvalue weighted by molar-refractivity contribution is 5.98. The quantitative estimate of drug-likeness (QED) is 0.884. The van der Waals surface area contributed by atoms with E-state index in [9.17, 15) is 4.79 Å². The van der Waals surface area contributed by atoms with Gasteiger partial charge in [0.25, 0.3) is 5.91 Å². The number of carbonyl (C=O) groups is 1. The Morgan fingerprint density at radius 3 is 2.67 bits per heavy atom. The van der Waals surface area contributed by atoms with Gasteiger partial charge < -0.3 is 16.0 Å². The first-order valence-electron chi connectivity index (χ1n) is 6.89. The molecule has 1 unspecified atom stereocenters. The van der Waals surface area contributed by atoms with Gasteiger partial charge in [-0.25, -0.2) is 0 Å².